The lowest BCUT2D eigenvalue weighted by Gasteiger charge is -2.24. The quantitative estimate of drug-likeness (QED) is 0.709. The molecule has 1 saturated heterocycles. The Morgan fingerprint density at radius 1 is 1.42 bits per heavy atom. The maximum absolute atomic E-state index is 12.5. The molecule has 2 aliphatic heterocycles. The monoisotopic (exact) mass is 332 g/mol. The summed E-state index contributed by atoms with van der Waals surface area (Å²) in [5.74, 6) is 0.884. The third kappa shape index (κ3) is 3.20. The Labute approximate surface area is 143 Å². The smallest absolute Gasteiger partial charge is 0.222 e. The normalized spacial score (nSPS) is 28.6. The van der Waals surface area contributed by atoms with Gasteiger partial charge in [0.25, 0.3) is 0 Å². The van der Waals surface area contributed by atoms with E-state index in [1.165, 1.54) is 25.0 Å². The van der Waals surface area contributed by atoms with Gasteiger partial charge in [0.15, 0.2) is 0 Å². The lowest BCUT2D eigenvalue weighted by atomic mass is 9.97. The van der Waals surface area contributed by atoms with Crippen molar-refractivity contribution in [3.63, 3.8) is 0 Å². The van der Waals surface area contributed by atoms with Gasteiger partial charge in [0.2, 0.25) is 5.91 Å². The molecule has 3 N–H and O–H groups in total. The minimum Gasteiger partial charge on any atom is -0.344 e. The molecule has 0 radical (unpaired) electrons. The predicted molar refractivity (Wildman–Crippen MR) is 91.1 cm³/mol. The van der Waals surface area contributed by atoms with Gasteiger partial charge in [-0.15, -0.1) is 0 Å². The van der Waals surface area contributed by atoms with Crippen molar-refractivity contribution in [1.29, 1.82) is 0 Å². The minimum absolute atomic E-state index is 0.211. The second kappa shape index (κ2) is 6.82. The first kappa shape index (κ1) is 16.1. The number of hydrogen-bond acceptors (Lipinski definition) is 5. The SMILES string of the molecule is CN(CC1NNC2CCCC21)C(=O)CCc1cc2n(n1)CCNC2. The highest BCUT2D eigenvalue weighted by atomic mass is 16.2. The number of rotatable bonds is 5. The van der Waals surface area contributed by atoms with E-state index in [0.29, 0.717) is 24.4 Å². The molecule has 1 aliphatic carbocycles. The van der Waals surface area contributed by atoms with E-state index in [1.54, 1.807) is 0 Å². The molecule has 24 heavy (non-hydrogen) atoms. The van der Waals surface area contributed by atoms with Crippen LogP contribution in [-0.4, -0.2) is 52.8 Å². The average molecular weight is 332 g/mol. The fraction of sp³-hybridized carbons (Fsp3) is 0.765. The Morgan fingerprint density at radius 2 is 2.33 bits per heavy atom. The first-order valence-corrected chi connectivity index (χ1v) is 9.22. The lowest BCUT2D eigenvalue weighted by Crippen LogP contribution is -2.43. The maximum atomic E-state index is 12.5. The standard InChI is InChI=1S/C17H28N6O/c1-22(11-16-14-3-2-4-15(14)19-20-16)17(24)6-5-12-9-13-10-18-7-8-23(13)21-12/h9,14-16,18-20H,2-8,10-11H2,1H3. The number of likely N-dealkylation sites (N-methyl/N-ethyl adjacent to an activating group) is 1. The third-order valence-corrected chi connectivity index (χ3v) is 5.75. The highest BCUT2D eigenvalue weighted by molar-refractivity contribution is 5.76. The van der Waals surface area contributed by atoms with Gasteiger partial charge in [-0.25, -0.2) is 0 Å². The van der Waals surface area contributed by atoms with Crippen molar-refractivity contribution in [3.8, 4) is 0 Å². The van der Waals surface area contributed by atoms with Crippen LogP contribution in [0, 0.1) is 5.92 Å². The molecule has 0 bridgehead atoms. The van der Waals surface area contributed by atoms with E-state index in [0.717, 1.165) is 38.3 Å². The van der Waals surface area contributed by atoms with E-state index >= 15 is 0 Å². The van der Waals surface area contributed by atoms with Crippen molar-refractivity contribution < 1.29 is 4.79 Å². The fourth-order valence-corrected chi connectivity index (χ4v) is 4.35. The van der Waals surface area contributed by atoms with Gasteiger partial charge in [0.1, 0.15) is 0 Å². The van der Waals surface area contributed by atoms with Gasteiger partial charge in [-0.05, 0) is 24.8 Å². The summed E-state index contributed by atoms with van der Waals surface area (Å²) < 4.78 is 2.06. The van der Waals surface area contributed by atoms with Crippen LogP contribution >= 0.6 is 0 Å². The summed E-state index contributed by atoms with van der Waals surface area (Å²) in [5, 5.41) is 7.96. The zero-order chi connectivity index (χ0) is 16.5. The van der Waals surface area contributed by atoms with Gasteiger partial charge < -0.3 is 10.2 Å². The highest BCUT2D eigenvalue weighted by Crippen LogP contribution is 2.31. The molecular weight excluding hydrogens is 304 g/mol. The molecule has 2 fully saturated rings. The van der Waals surface area contributed by atoms with E-state index in [1.807, 2.05) is 11.9 Å². The predicted octanol–water partition coefficient (Wildman–Crippen LogP) is 0.0224. The molecule has 1 aromatic heterocycles. The number of aromatic nitrogens is 2. The Morgan fingerprint density at radius 3 is 3.21 bits per heavy atom. The molecule has 1 saturated carbocycles. The van der Waals surface area contributed by atoms with E-state index in [2.05, 4.69) is 32.0 Å². The van der Waals surface area contributed by atoms with E-state index in [9.17, 15) is 4.79 Å². The van der Waals surface area contributed by atoms with Crippen LogP contribution in [0.3, 0.4) is 0 Å². The maximum Gasteiger partial charge on any atom is 0.222 e. The van der Waals surface area contributed by atoms with Gasteiger partial charge >= 0.3 is 0 Å². The first-order valence-electron chi connectivity index (χ1n) is 9.22. The molecule has 0 aromatic carbocycles. The van der Waals surface area contributed by atoms with Crippen molar-refractivity contribution in [1.82, 2.24) is 30.8 Å². The van der Waals surface area contributed by atoms with Gasteiger partial charge in [0.05, 0.1) is 17.9 Å². The van der Waals surface area contributed by atoms with Crippen molar-refractivity contribution in [2.45, 2.75) is 57.3 Å². The van der Waals surface area contributed by atoms with Gasteiger partial charge in [-0.2, -0.15) is 5.10 Å². The molecule has 1 amide bonds. The number of nitrogens with zero attached hydrogens (tertiary/aromatic N) is 3. The Kier molecular flexibility index (Phi) is 4.56. The van der Waals surface area contributed by atoms with Crippen LogP contribution in [0.5, 0.6) is 0 Å². The molecular formula is C17H28N6O. The number of nitrogens with one attached hydrogen (secondary N) is 3. The fourth-order valence-electron chi connectivity index (χ4n) is 4.35. The zero-order valence-corrected chi connectivity index (χ0v) is 14.4. The van der Waals surface area contributed by atoms with Crippen LogP contribution in [0.2, 0.25) is 0 Å². The van der Waals surface area contributed by atoms with Crippen LogP contribution in [0.15, 0.2) is 6.07 Å². The molecule has 3 atom stereocenters. The van der Waals surface area contributed by atoms with Crippen LogP contribution in [0.4, 0.5) is 0 Å². The molecule has 0 spiro atoms. The van der Waals surface area contributed by atoms with Crippen LogP contribution in [0.1, 0.15) is 37.1 Å². The van der Waals surface area contributed by atoms with Gasteiger partial charge in [0, 0.05) is 51.6 Å². The zero-order valence-electron chi connectivity index (χ0n) is 14.4. The first-order chi connectivity index (χ1) is 11.7. The van der Waals surface area contributed by atoms with Crippen LogP contribution in [-0.2, 0) is 24.3 Å². The summed E-state index contributed by atoms with van der Waals surface area (Å²) in [5.41, 5.74) is 9.04. The summed E-state index contributed by atoms with van der Waals surface area (Å²) in [7, 11) is 1.93. The van der Waals surface area contributed by atoms with Crippen molar-refractivity contribution in [2.24, 2.45) is 5.92 Å². The molecule has 3 heterocycles. The summed E-state index contributed by atoms with van der Waals surface area (Å²) >= 11 is 0. The van der Waals surface area contributed by atoms with Crippen molar-refractivity contribution in [2.75, 3.05) is 20.1 Å². The molecule has 1 aromatic rings. The summed E-state index contributed by atoms with van der Waals surface area (Å²) in [6.07, 6.45) is 5.09. The molecule has 7 heteroatoms. The molecule has 3 aliphatic rings. The lowest BCUT2D eigenvalue weighted by molar-refractivity contribution is -0.130. The van der Waals surface area contributed by atoms with E-state index < -0.39 is 0 Å². The van der Waals surface area contributed by atoms with Crippen LogP contribution < -0.4 is 16.2 Å². The number of carbonyl (C=O) groups is 1. The van der Waals surface area contributed by atoms with Gasteiger partial charge in [-0.1, -0.05) is 6.42 Å². The molecule has 132 valence electrons. The number of aryl methyl sites for hydroxylation is 1. The van der Waals surface area contributed by atoms with Crippen molar-refractivity contribution in [3.05, 3.63) is 17.5 Å². The Balaban J connectivity index is 1.27. The third-order valence-electron chi connectivity index (χ3n) is 5.75. The topological polar surface area (TPSA) is 74.2 Å². The summed E-state index contributed by atoms with van der Waals surface area (Å²) in [6.45, 7) is 3.56. The van der Waals surface area contributed by atoms with Crippen molar-refractivity contribution >= 4 is 5.91 Å². The molecule has 3 unspecified atom stereocenters. The average Bonchev–Trinajstić information content (AvgIpc) is 3.28. The second-order valence-electron chi connectivity index (χ2n) is 7.40. The summed E-state index contributed by atoms with van der Waals surface area (Å²) in [4.78, 5) is 14.4. The van der Waals surface area contributed by atoms with E-state index in [4.69, 9.17) is 0 Å². The Hall–Kier alpha value is -1.44. The van der Waals surface area contributed by atoms with E-state index in [-0.39, 0.29) is 5.91 Å². The number of hydrazine groups is 1. The number of fused-ring (bicyclic) bond motifs is 2. The number of hydrogen-bond donors (Lipinski definition) is 3. The van der Waals surface area contributed by atoms with Crippen LogP contribution in [0.25, 0.3) is 0 Å². The van der Waals surface area contributed by atoms with Gasteiger partial charge in [-0.3, -0.25) is 20.3 Å². The molecule has 4 rings (SSSR count). The largest absolute Gasteiger partial charge is 0.344 e. The highest BCUT2D eigenvalue weighted by Gasteiger charge is 2.39. The number of amides is 1. The summed E-state index contributed by atoms with van der Waals surface area (Å²) in [6, 6.07) is 3.12. The second-order valence-corrected chi connectivity index (χ2v) is 7.40. The Bertz CT molecular complexity index is 576. The molecule has 7 nitrogen and oxygen atoms in total. The minimum atomic E-state index is 0.211. The number of carbonyl (C=O) groups excluding carboxylic acids is 1.